The van der Waals surface area contributed by atoms with Crippen LogP contribution in [0.5, 0.6) is 0 Å². The van der Waals surface area contributed by atoms with Gasteiger partial charge in [0.1, 0.15) is 5.82 Å². The molecular formula is C28H35Cl2N5O3. The topological polar surface area (TPSA) is 98.7 Å². The second-order valence-corrected chi connectivity index (χ2v) is 12.4. The Morgan fingerprint density at radius 2 is 1.92 bits per heavy atom. The second kappa shape index (κ2) is 10.6. The quantitative estimate of drug-likeness (QED) is 0.405. The van der Waals surface area contributed by atoms with Crippen molar-refractivity contribution >= 4 is 46.7 Å². The van der Waals surface area contributed by atoms with Gasteiger partial charge >= 0.3 is 5.97 Å². The number of Topliss-reactive ketones (excluding diaryl/α,β-unsaturated/α-hetero) is 1. The molecule has 2 saturated heterocycles. The fourth-order valence-electron chi connectivity index (χ4n) is 6.17. The van der Waals surface area contributed by atoms with Crippen LogP contribution in [-0.2, 0) is 4.79 Å². The van der Waals surface area contributed by atoms with Crippen molar-refractivity contribution in [1.29, 1.82) is 0 Å². The number of likely N-dealkylation sites (tertiary alicyclic amines) is 1. The molecule has 38 heavy (non-hydrogen) atoms. The maximum Gasteiger partial charge on any atom is 0.309 e. The zero-order chi connectivity index (χ0) is 27.2. The van der Waals surface area contributed by atoms with Crippen molar-refractivity contribution < 1.29 is 14.7 Å². The van der Waals surface area contributed by atoms with Gasteiger partial charge < -0.3 is 20.2 Å². The Morgan fingerprint density at radius 1 is 1.18 bits per heavy atom. The third-order valence-corrected chi connectivity index (χ3v) is 9.25. The van der Waals surface area contributed by atoms with Crippen LogP contribution >= 0.6 is 23.2 Å². The van der Waals surface area contributed by atoms with Crippen molar-refractivity contribution in [2.75, 3.05) is 36.4 Å². The van der Waals surface area contributed by atoms with Crippen molar-refractivity contribution in [3.8, 4) is 0 Å². The maximum absolute atomic E-state index is 12.3. The van der Waals surface area contributed by atoms with E-state index in [1.54, 1.807) is 18.3 Å². The Bertz CT molecular complexity index is 1230. The van der Waals surface area contributed by atoms with Crippen LogP contribution in [0.3, 0.4) is 0 Å². The Hall–Kier alpha value is -2.42. The lowest BCUT2D eigenvalue weighted by Crippen LogP contribution is -2.58. The molecule has 3 aliphatic rings. The summed E-state index contributed by atoms with van der Waals surface area (Å²) in [6, 6.07) is 5.57. The summed E-state index contributed by atoms with van der Waals surface area (Å²) in [7, 11) is 0. The summed E-state index contributed by atoms with van der Waals surface area (Å²) in [4.78, 5) is 37.8. The fraction of sp³-hybridized carbons (Fsp3) is 0.571. The van der Waals surface area contributed by atoms with Crippen LogP contribution in [0.15, 0.2) is 24.4 Å². The largest absolute Gasteiger partial charge is 0.481 e. The lowest BCUT2D eigenvalue weighted by Gasteiger charge is -2.52. The van der Waals surface area contributed by atoms with Crippen molar-refractivity contribution in [3.63, 3.8) is 0 Å². The number of rotatable bonds is 8. The zero-order valence-electron chi connectivity index (χ0n) is 22.1. The number of anilines is 2. The smallest absolute Gasteiger partial charge is 0.309 e. The minimum Gasteiger partial charge on any atom is -0.481 e. The molecule has 204 valence electrons. The number of carboxylic acid groups (broad SMARTS) is 1. The minimum absolute atomic E-state index is 0.104. The first-order valence-electron chi connectivity index (χ1n) is 13.4. The number of piperidine rings is 1. The van der Waals surface area contributed by atoms with Crippen molar-refractivity contribution in [3.05, 3.63) is 45.6 Å². The van der Waals surface area contributed by atoms with Gasteiger partial charge in [0.2, 0.25) is 5.95 Å². The van der Waals surface area contributed by atoms with E-state index in [0.717, 1.165) is 51.0 Å². The number of nitrogens with zero attached hydrogens (tertiary/aromatic N) is 4. The fourth-order valence-corrected chi connectivity index (χ4v) is 6.74. The van der Waals surface area contributed by atoms with Gasteiger partial charge in [-0.25, -0.2) is 4.98 Å². The average Bonchev–Trinajstić information content (AvgIpc) is 2.81. The molecule has 1 saturated carbocycles. The number of nitrogens with one attached hydrogen (secondary N) is 1. The van der Waals surface area contributed by atoms with Gasteiger partial charge in [0.25, 0.3) is 0 Å². The lowest BCUT2D eigenvalue weighted by atomic mass is 9.65. The van der Waals surface area contributed by atoms with Gasteiger partial charge in [0.15, 0.2) is 5.78 Å². The number of aromatic nitrogens is 2. The van der Waals surface area contributed by atoms with Gasteiger partial charge in [-0.1, -0.05) is 29.3 Å². The number of hydrogen-bond donors (Lipinski definition) is 2. The molecule has 8 nitrogen and oxygen atoms in total. The number of ketones is 1. The number of carboxylic acids is 1. The number of aliphatic carboxylic acids is 1. The normalized spacial score (nSPS) is 26.8. The van der Waals surface area contributed by atoms with Crippen LogP contribution < -0.4 is 10.2 Å². The van der Waals surface area contributed by atoms with E-state index < -0.39 is 11.4 Å². The van der Waals surface area contributed by atoms with Crippen LogP contribution in [0.1, 0.15) is 68.4 Å². The van der Waals surface area contributed by atoms with Crippen LogP contribution in [0.2, 0.25) is 10.0 Å². The third kappa shape index (κ3) is 5.36. The first kappa shape index (κ1) is 27.2. The van der Waals surface area contributed by atoms with Crippen LogP contribution in [0.4, 0.5) is 11.8 Å². The molecule has 1 aromatic heterocycles. The van der Waals surface area contributed by atoms with E-state index in [4.69, 9.17) is 28.2 Å². The molecule has 0 bridgehead atoms. The van der Waals surface area contributed by atoms with E-state index in [9.17, 15) is 14.7 Å². The first-order valence-corrected chi connectivity index (χ1v) is 14.1. The monoisotopic (exact) mass is 559 g/mol. The minimum atomic E-state index is -0.674. The Balaban J connectivity index is 1.22. The molecule has 0 amide bonds. The van der Waals surface area contributed by atoms with Gasteiger partial charge in [-0.05, 0) is 82.5 Å². The maximum atomic E-state index is 12.3. The molecule has 0 unspecified atom stereocenters. The second-order valence-electron chi connectivity index (χ2n) is 11.5. The van der Waals surface area contributed by atoms with E-state index in [1.165, 1.54) is 13.3 Å². The highest BCUT2D eigenvalue weighted by Gasteiger charge is 2.49. The lowest BCUT2D eigenvalue weighted by molar-refractivity contribution is -0.158. The van der Waals surface area contributed by atoms with Crippen molar-refractivity contribution in [2.45, 2.75) is 58.5 Å². The molecule has 1 aliphatic carbocycles. The van der Waals surface area contributed by atoms with Gasteiger partial charge in [0.05, 0.1) is 17.0 Å². The Morgan fingerprint density at radius 3 is 2.58 bits per heavy atom. The highest BCUT2D eigenvalue weighted by Crippen LogP contribution is 2.45. The summed E-state index contributed by atoms with van der Waals surface area (Å²) < 4.78 is 0. The number of halogens is 2. The summed E-state index contributed by atoms with van der Waals surface area (Å²) in [6.07, 6.45) is 5.46. The SMILES string of the molecule is CC(=O)c1cnc(N2CC([C@H]3CCCN(C4CC(C)(C(=O)O)C4)C3)C2)nc1N[C@H](C)c1ccc(Cl)cc1Cl. The molecule has 0 spiro atoms. The van der Waals surface area contributed by atoms with E-state index in [-0.39, 0.29) is 11.8 Å². The zero-order valence-corrected chi connectivity index (χ0v) is 23.6. The first-order chi connectivity index (χ1) is 18.0. The van der Waals surface area contributed by atoms with E-state index in [0.29, 0.717) is 45.3 Å². The van der Waals surface area contributed by atoms with Gasteiger partial charge in [0, 0.05) is 41.9 Å². The summed E-state index contributed by atoms with van der Waals surface area (Å²) in [5.41, 5.74) is 0.752. The molecule has 3 heterocycles. The standard InChI is InChI=1S/C28H35Cl2N5O3/c1-16(22-7-6-20(29)9-24(22)30)32-25-23(17(2)36)12-31-27(33-25)35-14-19(15-35)18-5-4-8-34(13-18)21-10-28(3,11-21)26(37)38/h6-7,9,12,16,18-19,21H,4-5,8,10-11,13-15H2,1-3H3,(H,37,38)(H,31,32,33)/t16-,18+,21?,28?/m1/s1. The predicted octanol–water partition coefficient (Wildman–Crippen LogP) is 5.56. The number of benzene rings is 1. The van der Waals surface area contributed by atoms with Crippen LogP contribution in [-0.4, -0.2) is 63.9 Å². The van der Waals surface area contributed by atoms with Crippen molar-refractivity contribution in [1.82, 2.24) is 14.9 Å². The summed E-state index contributed by atoms with van der Waals surface area (Å²) in [6.45, 7) is 9.21. The number of carbonyl (C=O) groups is 2. The number of hydrogen-bond acceptors (Lipinski definition) is 7. The van der Waals surface area contributed by atoms with E-state index in [1.807, 2.05) is 19.9 Å². The molecule has 2 aliphatic heterocycles. The predicted molar refractivity (Wildman–Crippen MR) is 149 cm³/mol. The molecule has 2 N–H and O–H groups in total. The van der Waals surface area contributed by atoms with E-state index in [2.05, 4.69) is 20.1 Å². The molecule has 0 radical (unpaired) electrons. The van der Waals surface area contributed by atoms with Crippen molar-refractivity contribution in [2.24, 2.45) is 17.3 Å². The molecule has 3 fully saturated rings. The molecule has 10 heteroatoms. The molecular weight excluding hydrogens is 525 g/mol. The summed E-state index contributed by atoms with van der Waals surface area (Å²) >= 11 is 12.5. The summed E-state index contributed by atoms with van der Waals surface area (Å²) in [5, 5.41) is 13.9. The van der Waals surface area contributed by atoms with E-state index >= 15 is 0 Å². The molecule has 2 atom stereocenters. The molecule has 1 aromatic carbocycles. The number of carbonyl (C=O) groups excluding carboxylic acids is 1. The summed E-state index contributed by atoms with van der Waals surface area (Å²) in [5.74, 6) is 1.49. The highest BCUT2D eigenvalue weighted by atomic mass is 35.5. The average molecular weight is 561 g/mol. The molecule has 5 rings (SSSR count). The van der Waals surface area contributed by atoms with Gasteiger partial charge in [-0.3, -0.25) is 9.59 Å². The molecule has 2 aromatic rings. The van der Waals surface area contributed by atoms with Crippen LogP contribution in [0, 0.1) is 17.3 Å². The van der Waals surface area contributed by atoms with Gasteiger partial charge in [-0.2, -0.15) is 4.98 Å². The Kier molecular flexibility index (Phi) is 7.59. The highest BCUT2D eigenvalue weighted by molar-refractivity contribution is 6.35. The van der Waals surface area contributed by atoms with Crippen LogP contribution in [0.25, 0.3) is 0 Å². The third-order valence-electron chi connectivity index (χ3n) is 8.69. The van der Waals surface area contributed by atoms with Gasteiger partial charge in [-0.15, -0.1) is 0 Å². The Labute approximate surface area is 233 Å².